The Labute approximate surface area is 137 Å². The molecule has 0 aliphatic carbocycles. The average molecular weight is 329 g/mol. The summed E-state index contributed by atoms with van der Waals surface area (Å²) in [6.07, 6.45) is 0. The Hall–Kier alpha value is -1.46. The van der Waals surface area contributed by atoms with Crippen LogP contribution in [0.2, 0.25) is 5.02 Å². The fraction of sp³-hybridized carbons (Fsp3) is 0.562. The number of halogens is 1. The highest BCUT2D eigenvalue weighted by Gasteiger charge is 2.16. The highest BCUT2D eigenvalue weighted by Crippen LogP contribution is 2.36. The van der Waals surface area contributed by atoms with Gasteiger partial charge in [0.2, 0.25) is 0 Å². The molecule has 1 atom stereocenters. The molecule has 0 saturated carbocycles. The van der Waals surface area contributed by atoms with Gasteiger partial charge in [0.25, 0.3) is 5.91 Å². The van der Waals surface area contributed by atoms with Crippen LogP contribution in [0.4, 0.5) is 0 Å². The van der Waals surface area contributed by atoms with Gasteiger partial charge in [0, 0.05) is 18.2 Å². The predicted octanol–water partition coefficient (Wildman–Crippen LogP) is 2.72. The predicted molar refractivity (Wildman–Crippen MR) is 89.2 cm³/mol. The lowest BCUT2D eigenvalue weighted by molar-refractivity contribution is 0.0950. The number of methoxy groups -OCH3 is 1. The third kappa shape index (κ3) is 5.39. The van der Waals surface area contributed by atoms with E-state index in [2.05, 4.69) is 10.6 Å². The van der Waals surface area contributed by atoms with Crippen LogP contribution >= 0.6 is 11.6 Å². The van der Waals surface area contributed by atoms with E-state index in [9.17, 15) is 4.79 Å². The van der Waals surface area contributed by atoms with Crippen LogP contribution in [-0.4, -0.2) is 39.3 Å². The van der Waals surface area contributed by atoms with Crippen LogP contribution in [0.3, 0.4) is 0 Å². The first-order valence-corrected chi connectivity index (χ1v) is 7.72. The van der Waals surface area contributed by atoms with E-state index in [1.807, 2.05) is 27.8 Å². The minimum Gasteiger partial charge on any atom is -0.493 e. The molecule has 0 saturated heterocycles. The number of hydrogen-bond donors (Lipinski definition) is 2. The monoisotopic (exact) mass is 328 g/mol. The van der Waals surface area contributed by atoms with Crippen molar-refractivity contribution in [3.8, 4) is 11.5 Å². The maximum absolute atomic E-state index is 12.2. The van der Waals surface area contributed by atoms with Gasteiger partial charge in [-0.15, -0.1) is 0 Å². The summed E-state index contributed by atoms with van der Waals surface area (Å²) in [4.78, 5) is 12.2. The number of carbonyl (C=O) groups excluding carboxylic acids is 1. The topological polar surface area (TPSA) is 59.6 Å². The Bertz CT molecular complexity index is 506. The lowest BCUT2D eigenvalue weighted by atomic mass is 10.1. The number of ether oxygens (including phenoxy) is 2. The second-order valence-electron chi connectivity index (χ2n) is 5.59. The molecule has 0 radical (unpaired) electrons. The molecule has 1 aromatic rings. The Morgan fingerprint density at radius 2 is 2.00 bits per heavy atom. The zero-order chi connectivity index (χ0) is 16.7. The van der Waals surface area contributed by atoms with Crippen molar-refractivity contribution in [3.05, 3.63) is 22.7 Å². The SMILES string of the molecule is CNC(C)CNC(=O)c1cc(Cl)c(OCC(C)C)c(OC)c1. The molecular weight excluding hydrogens is 304 g/mol. The van der Waals surface area contributed by atoms with E-state index in [1.165, 1.54) is 7.11 Å². The number of likely N-dealkylation sites (N-methyl/N-ethyl adjacent to an activating group) is 1. The van der Waals surface area contributed by atoms with E-state index in [0.717, 1.165) is 0 Å². The van der Waals surface area contributed by atoms with Crippen LogP contribution in [0, 0.1) is 5.92 Å². The van der Waals surface area contributed by atoms with Gasteiger partial charge in [0.1, 0.15) is 0 Å². The minimum absolute atomic E-state index is 0.190. The fourth-order valence-corrected chi connectivity index (χ4v) is 1.96. The first kappa shape index (κ1) is 18.6. The lowest BCUT2D eigenvalue weighted by Gasteiger charge is -2.16. The molecule has 0 aliphatic heterocycles. The van der Waals surface area contributed by atoms with E-state index in [0.29, 0.717) is 41.2 Å². The summed E-state index contributed by atoms with van der Waals surface area (Å²) in [6, 6.07) is 3.43. The quantitative estimate of drug-likeness (QED) is 0.770. The van der Waals surface area contributed by atoms with Crippen molar-refractivity contribution in [2.24, 2.45) is 5.92 Å². The molecule has 6 heteroatoms. The van der Waals surface area contributed by atoms with Crippen molar-refractivity contribution in [2.45, 2.75) is 26.8 Å². The van der Waals surface area contributed by atoms with Gasteiger partial charge in [-0.05, 0) is 32.0 Å². The molecule has 22 heavy (non-hydrogen) atoms. The smallest absolute Gasteiger partial charge is 0.251 e. The largest absolute Gasteiger partial charge is 0.493 e. The summed E-state index contributed by atoms with van der Waals surface area (Å²) in [6.45, 7) is 7.13. The highest BCUT2D eigenvalue weighted by molar-refractivity contribution is 6.32. The van der Waals surface area contributed by atoms with Gasteiger partial charge < -0.3 is 20.1 Å². The van der Waals surface area contributed by atoms with E-state index in [-0.39, 0.29) is 11.9 Å². The maximum Gasteiger partial charge on any atom is 0.251 e. The molecule has 1 rings (SSSR count). The Balaban J connectivity index is 2.90. The summed E-state index contributed by atoms with van der Waals surface area (Å²) in [5.74, 6) is 1.10. The molecule has 1 aromatic carbocycles. The fourth-order valence-electron chi connectivity index (χ4n) is 1.69. The van der Waals surface area contributed by atoms with Crippen molar-refractivity contribution >= 4 is 17.5 Å². The Kier molecular flexibility index (Phi) is 7.48. The van der Waals surface area contributed by atoms with Crippen LogP contribution in [0.25, 0.3) is 0 Å². The molecule has 0 aliphatic rings. The van der Waals surface area contributed by atoms with Crippen LogP contribution in [0.15, 0.2) is 12.1 Å². The van der Waals surface area contributed by atoms with Crippen LogP contribution in [0.5, 0.6) is 11.5 Å². The zero-order valence-electron chi connectivity index (χ0n) is 13.8. The van der Waals surface area contributed by atoms with Crippen molar-refractivity contribution < 1.29 is 14.3 Å². The van der Waals surface area contributed by atoms with Crippen LogP contribution < -0.4 is 20.1 Å². The van der Waals surface area contributed by atoms with E-state index in [4.69, 9.17) is 21.1 Å². The molecule has 0 heterocycles. The Morgan fingerprint density at radius 1 is 1.32 bits per heavy atom. The second-order valence-corrected chi connectivity index (χ2v) is 6.00. The number of hydrogen-bond acceptors (Lipinski definition) is 4. The lowest BCUT2D eigenvalue weighted by Crippen LogP contribution is -2.37. The number of amides is 1. The molecule has 1 unspecified atom stereocenters. The maximum atomic E-state index is 12.2. The third-order valence-corrected chi connectivity index (χ3v) is 3.39. The molecule has 1 amide bonds. The van der Waals surface area contributed by atoms with Crippen molar-refractivity contribution in [3.63, 3.8) is 0 Å². The summed E-state index contributed by atoms with van der Waals surface area (Å²) in [5, 5.41) is 6.27. The van der Waals surface area contributed by atoms with Crippen LogP contribution in [0.1, 0.15) is 31.1 Å². The van der Waals surface area contributed by atoms with Gasteiger partial charge >= 0.3 is 0 Å². The highest BCUT2D eigenvalue weighted by atomic mass is 35.5. The van der Waals surface area contributed by atoms with E-state index in [1.54, 1.807) is 12.1 Å². The summed E-state index contributed by atoms with van der Waals surface area (Å²) in [5.41, 5.74) is 0.446. The standard InChI is InChI=1S/C16H25ClN2O3/c1-10(2)9-22-15-13(17)6-12(7-14(15)21-5)16(20)19-8-11(3)18-4/h6-7,10-11,18H,8-9H2,1-5H3,(H,19,20). The molecule has 0 bridgehead atoms. The third-order valence-electron chi connectivity index (χ3n) is 3.11. The van der Waals surface area contributed by atoms with Gasteiger partial charge in [-0.25, -0.2) is 0 Å². The molecule has 2 N–H and O–H groups in total. The number of rotatable bonds is 8. The summed E-state index contributed by atoms with van der Waals surface area (Å²) in [7, 11) is 3.37. The van der Waals surface area contributed by atoms with Gasteiger partial charge in [-0.2, -0.15) is 0 Å². The minimum atomic E-state index is -0.197. The average Bonchev–Trinajstić information content (AvgIpc) is 2.49. The van der Waals surface area contributed by atoms with Crippen molar-refractivity contribution in [1.82, 2.24) is 10.6 Å². The van der Waals surface area contributed by atoms with Gasteiger partial charge in [-0.1, -0.05) is 25.4 Å². The molecule has 124 valence electrons. The van der Waals surface area contributed by atoms with Crippen molar-refractivity contribution in [2.75, 3.05) is 27.3 Å². The molecule has 0 aromatic heterocycles. The normalized spacial score (nSPS) is 12.1. The molecular formula is C16H25ClN2O3. The first-order chi connectivity index (χ1) is 10.4. The Morgan fingerprint density at radius 3 is 2.55 bits per heavy atom. The van der Waals surface area contributed by atoms with E-state index < -0.39 is 0 Å². The number of nitrogens with one attached hydrogen (secondary N) is 2. The zero-order valence-corrected chi connectivity index (χ0v) is 14.6. The summed E-state index contributed by atoms with van der Waals surface area (Å²) >= 11 is 6.23. The van der Waals surface area contributed by atoms with Gasteiger partial charge in [0.15, 0.2) is 11.5 Å². The second kappa shape index (κ2) is 8.86. The number of benzene rings is 1. The molecule has 0 fully saturated rings. The van der Waals surface area contributed by atoms with Crippen LogP contribution in [-0.2, 0) is 0 Å². The number of carbonyl (C=O) groups is 1. The van der Waals surface area contributed by atoms with E-state index >= 15 is 0 Å². The van der Waals surface area contributed by atoms with Gasteiger partial charge in [-0.3, -0.25) is 4.79 Å². The first-order valence-electron chi connectivity index (χ1n) is 7.34. The van der Waals surface area contributed by atoms with Gasteiger partial charge in [0.05, 0.1) is 18.7 Å². The summed E-state index contributed by atoms with van der Waals surface area (Å²) < 4.78 is 11.0. The van der Waals surface area contributed by atoms with Crippen molar-refractivity contribution in [1.29, 1.82) is 0 Å². The molecule has 5 nitrogen and oxygen atoms in total. The molecule has 0 spiro atoms.